The fourth-order valence-corrected chi connectivity index (χ4v) is 5.51. The van der Waals surface area contributed by atoms with Crippen LogP contribution in [0.5, 0.6) is 0 Å². The monoisotopic (exact) mass is 444 g/mol. The number of fused-ring (bicyclic) bond motifs is 1. The van der Waals surface area contributed by atoms with E-state index >= 15 is 0 Å². The molecular weight excluding hydrogens is 408 g/mol. The van der Waals surface area contributed by atoms with Gasteiger partial charge in [-0.05, 0) is 56.2 Å². The van der Waals surface area contributed by atoms with Gasteiger partial charge < -0.3 is 14.8 Å². The molecule has 3 aromatic rings. The van der Waals surface area contributed by atoms with Crippen molar-refractivity contribution in [1.29, 1.82) is 0 Å². The predicted molar refractivity (Wildman–Crippen MR) is 135 cm³/mol. The van der Waals surface area contributed by atoms with Crippen molar-refractivity contribution in [2.45, 2.75) is 65.0 Å². The molecule has 2 unspecified atom stereocenters. The summed E-state index contributed by atoms with van der Waals surface area (Å²) in [5.41, 5.74) is 4.75. The van der Waals surface area contributed by atoms with Gasteiger partial charge in [0.25, 0.3) is 0 Å². The molecule has 5 rings (SSSR count). The van der Waals surface area contributed by atoms with Crippen molar-refractivity contribution >= 4 is 22.9 Å². The van der Waals surface area contributed by atoms with Gasteiger partial charge in [-0.1, -0.05) is 61.7 Å². The second kappa shape index (κ2) is 9.58. The molecule has 1 aliphatic heterocycles. The van der Waals surface area contributed by atoms with Crippen molar-refractivity contribution < 1.29 is 4.79 Å². The normalized spacial score (nSPS) is 21.9. The van der Waals surface area contributed by atoms with Gasteiger partial charge in [0.1, 0.15) is 0 Å². The third-order valence-corrected chi connectivity index (χ3v) is 7.68. The number of rotatable bonds is 5. The van der Waals surface area contributed by atoms with E-state index in [0.717, 1.165) is 50.4 Å². The molecule has 1 N–H and O–H groups in total. The first kappa shape index (κ1) is 22.0. The zero-order valence-corrected chi connectivity index (χ0v) is 20.0. The van der Waals surface area contributed by atoms with Gasteiger partial charge in [0, 0.05) is 25.0 Å². The second-order valence-electron chi connectivity index (χ2n) is 10.1. The lowest BCUT2D eigenvalue weighted by molar-refractivity contribution is -0.126. The van der Waals surface area contributed by atoms with Gasteiger partial charge >= 0.3 is 0 Å². The van der Waals surface area contributed by atoms with Crippen LogP contribution in [-0.4, -0.2) is 34.6 Å². The number of benzene rings is 2. The summed E-state index contributed by atoms with van der Waals surface area (Å²) in [5.74, 6) is 2.01. The highest BCUT2D eigenvalue weighted by Gasteiger charge is 2.30. The highest BCUT2D eigenvalue weighted by Crippen LogP contribution is 2.29. The maximum atomic E-state index is 13.0. The van der Waals surface area contributed by atoms with Crippen LogP contribution >= 0.6 is 0 Å². The number of amides is 1. The van der Waals surface area contributed by atoms with E-state index < -0.39 is 0 Å². The summed E-state index contributed by atoms with van der Waals surface area (Å²) in [4.78, 5) is 20.4. The summed E-state index contributed by atoms with van der Waals surface area (Å²) in [6.07, 6.45) is 6.69. The predicted octanol–water partition coefficient (Wildman–Crippen LogP) is 5.30. The van der Waals surface area contributed by atoms with Gasteiger partial charge in [-0.3, -0.25) is 4.79 Å². The Balaban J connectivity index is 1.30. The van der Waals surface area contributed by atoms with Crippen LogP contribution in [0.15, 0.2) is 48.5 Å². The minimum atomic E-state index is 0.116. The minimum absolute atomic E-state index is 0.116. The Hall–Kier alpha value is -2.82. The van der Waals surface area contributed by atoms with Crippen LogP contribution in [0.25, 0.3) is 11.0 Å². The van der Waals surface area contributed by atoms with Gasteiger partial charge in [0.05, 0.1) is 17.6 Å². The van der Waals surface area contributed by atoms with Crippen LogP contribution in [0, 0.1) is 18.8 Å². The molecule has 2 heterocycles. The molecule has 33 heavy (non-hydrogen) atoms. The summed E-state index contributed by atoms with van der Waals surface area (Å²) in [6.45, 7) is 6.95. The number of anilines is 1. The first-order valence-electron chi connectivity index (χ1n) is 12.6. The number of hydrogen-bond donors (Lipinski definition) is 1. The lowest BCUT2D eigenvalue weighted by atomic mass is 9.85. The average Bonchev–Trinajstić information content (AvgIpc) is 3.20. The topological polar surface area (TPSA) is 50.2 Å². The Labute approximate surface area is 197 Å². The van der Waals surface area contributed by atoms with Crippen LogP contribution in [-0.2, 0) is 11.3 Å². The molecule has 0 bridgehead atoms. The highest BCUT2D eigenvalue weighted by molar-refractivity contribution is 5.80. The number of aryl methyl sites for hydroxylation is 1. The third kappa shape index (κ3) is 4.78. The molecule has 2 atom stereocenters. The molecule has 5 heteroatoms. The summed E-state index contributed by atoms with van der Waals surface area (Å²) < 4.78 is 2.34. The van der Waals surface area contributed by atoms with Gasteiger partial charge in [-0.25, -0.2) is 4.98 Å². The zero-order valence-electron chi connectivity index (χ0n) is 20.0. The Morgan fingerprint density at radius 2 is 1.73 bits per heavy atom. The van der Waals surface area contributed by atoms with Gasteiger partial charge in [0.15, 0.2) is 0 Å². The molecular formula is C28H36N4O. The molecule has 1 saturated carbocycles. The summed E-state index contributed by atoms with van der Waals surface area (Å²) >= 11 is 0. The Kier molecular flexibility index (Phi) is 6.39. The van der Waals surface area contributed by atoms with E-state index in [1.165, 1.54) is 35.9 Å². The number of carbonyl (C=O) groups excluding carboxylic acids is 1. The van der Waals surface area contributed by atoms with Crippen LogP contribution in [0.3, 0.4) is 0 Å². The van der Waals surface area contributed by atoms with E-state index in [1.807, 2.05) is 0 Å². The van der Waals surface area contributed by atoms with Crippen molar-refractivity contribution in [2.75, 3.05) is 18.0 Å². The van der Waals surface area contributed by atoms with E-state index in [1.54, 1.807) is 0 Å². The Bertz CT molecular complexity index is 1090. The maximum Gasteiger partial charge on any atom is 0.223 e. The first-order chi connectivity index (χ1) is 16.1. The largest absolute Gasteiger partial charge is 0.353 e. The van der Waals surface area contributed by atoms with Crippen LogP contribution < -0.4 is 10.2 Å². The van der Waals surface area contributed by atoms with Crippen LogP contribution in [0.2, 0.25) is 0 Å². The number of carbonyl (C=O) groups is 1. The fourth-order valence-electron chi connectivity index (χ4n) is 5.51. The molecule has 2 aliphatic rings. The van der Waals surface area contributed by atoms with Crippen molar-refractivity contribution in [3.63, 3.8) is 0 Å². The molecule has 5 nitrogen and oxygen atoms in total. The Morgan fingerprint density at radius 1 is 1.00 bits per heavy atom. The summed E-state index contributed by atoms with van der Waals surface area (Å²) in [5, 5.41) is 3.38. The quantitative estimate of drug-likeness (QED) is 0.581. The average molecular weight is 445 g/mol. The number of piperidine rings is 1. The smallest absolute Gasteiger partial charge is 0.223 e. The van der Waals surface area contributed by atoms with E-state index in [2.05, 4.69) is 77.2 Å². The molecule has 1 aliphatic carbocycles. The van der Waals surface area contributed by atoms with E-state index in [4.69, 9.17) is 4.98 Å². The van der Waals surface area contributed by atoms with Crippen molar-refractivity contribution in [1.82, 2.24) is 14.9 Å². The van der Waals surface area contributed by atoms with Crippen molar-refractivity contribution in [3.05, 3.63) is 59.7 Å². The molecule has 0 radical (unpaired) electrons. The number of imidazole rings is 1. The van der Waals surface area contributed by atoms with Gasteiger partial charge in [-0.15, -0.1) is 0 Å². The lowest BCUT2D eigenvalue weighted by Crippen LogP contribution is -2.47. The fraction of sp³-hybridized carbons (Fsp3) is 0.500. The standard InChI is InChI=1S/C28H36N4O/c1-20-11-13-22(14-12-20)19-32-26-10-6-5-9-25(26)30-28(32)31-17-15-23(16-18-31)27(33)29-24-8-4-3-7-21(24)2/h5-6,9-14,21,23-24H,3-4,7-8,15-19H2,1-2H3,(H,29,33). The zero-order chi connectivity index (χ0) is 22.8. The van der Waals surface area contributed by atoms with E-state index in [9.17, 15) is 4.79 Å². The first-order valence-corrected chi connectivity index (χ1v) is 12.6. The van der Waals surface area contributed by atoms with Crippen LogP contribution in [0.1, 0.15) is 56.6 Å². The SMILES string of the molecule is Cc1ccc(Cn2c(N3CCC(C(=O)NC4CCCCC4C)CC3)nc3ccccc32)cc1. The van der Waals surface area contributed by atoms with Crippen LogP contribution in [0.4, 0.5) is 5.95 Å². The third-order valence-electron chi connectivity index (χ3n) is 7.68. The number of aromatic nitrogens is 2. The molecule has 2 aromatic carbocycles. The number of hydrogen-bond acceptors (Lipinski definition) is 3. The number of nitrogens with one attached hydrogen (secondary N) is 1. The second-order valence-corrected chi connectivity index (χ2v) is 10.1. The van der Waals surface area contributed by atoms with Crippen molar-refractivity contribution in [2.24, 2.45) is 11.8 Å². The number of nitrogens with zero attached hydrogens (tertiary/aromatic N) is 3. The van der Waals surface area contributed by atoms with Gasteiger partial charge in [-0.2, -0.15) is 0 Å². The molecule has 174 valence electrons. The van der Waals surface area contributed by atoms with E-state index in [-0.39, 0.29) is 11.8 Å². The van der Waals surface area contributed by atoms with Crippen molar-refractivity contribution in [3.8, 4) is 0 Å². The Morgan fingerprint density at radius 3 is 2.48 bits per heavy atom. The molecule has 2 fully saturated rings. The maximum absolute atomic E-state index is 13.0. The molecule has 1 amide bonds. The molecule has 1 aromatic heterocycles. The highest BCUT2D eigenvalue weighted by atomic mass is 16.2. The van der Waals surface area contributed by atoms with Gasteiger partial charge in [0.2, 0.25) is 11.9 Å². The van der Waals surface area contributed by atoms with E-state index in [0.29, 0.717) is 12.0 Å². The molecule has 1 saturated heterocycles. The summed E-state index contributed by atoms with van der Waals surface area (Å²) in [7, 11) is 0. The lowest BCUT2D eigenvalue weighted by Gasteiger charge is -2.35. The molecule has 0 spiro atoms. The summed E-state index contributed by atoms with van der Waals surface area (Å²) in [6, 6.07) is 17.5. The minimum Gasteiger partial charge on any atom is -0.353 e. The number of para-hydroxylation sites is 2.